The zero-order valence-corrected chi connectivity index (χ0v) is 13.4. The SMILES string of the molecule is CCCC1CN(CCn2cccn2)C2(CCCCC2)CN1. The first-order valence-electron chi connectivity index (χ1n) is 8.78. The summed E-state index contributed by atoms with van der Waals surface area (Å²) in [6.45, 7) is 6.86. The zero-order valence-electron chi connectivity index (χ0n) is 13.4. The molecule has 1 aliphatic heterocycles. The summed E-state index contributed by atoms with van der Waals surface area (Å²) in [5.41, 5.74) is 0.426. The highest BCUT2D eigenvalue weighted by atomic mass is 15.3. The standard InChI is InChI=1S/C17H30N4/c1-2-7-16-14-20(12-13-21-11-6-10-19-21)17(15-18-16)8-4-3-5-9-17/h6,10-11,16,18H,2-5,7-9,12-15H2,1H3. The van der Waals surface area contributed by atoms with Crippen LogP contribution >= 0.6 is 0 Å². The maximum absolute atomic E-state index is 4.36. The lowest BCUT2D eigenvalue weighted by Crippen LogP contribution is -2.65. The van der Waals surface area contributed by atoms with Crippen molar-refractivity contribution in [3.05, 3.63) is 18.5 Å². The molecule has 2 heterocycles. The van der Waals surface area contributed by atoms with Crippen molar-refractivity contribution in [3.8, 4) is 0 Å². The number of hydrogen-bond acceptors (Lipinski definition) is 3. The Kier molecular flexibility index (Phi) is 4.96. The minimum atomic E-state index is 0.426. The second-order valence-corrected chi connectivity index (χ2v) is 6.87. The predicted molar refractivity (Wildman–Crippen MR) is 86.3 cm³/mol. The van der Waals surface area contributed by atoms with E-state index in [4.69, 9.17) is 0 Å². The summed E-state index contributed by atoms with van der Waals surface area (Å²) in [7, 11) is 0. The lowest BCUT2D eigenvalue weighted by molar-refractivity contribution is 0.00544. The Morgan fingerprint density at radius 3 is 2.81 bits per heavy atom. The Morgan fingerprint density at radius 1 is 1.24 bits per heavy atom. The first kappa shape index (κ1) is 15.0. The minimum Gasteiger partial charge on any atom is -0.311 e. The van der Waals surface area contributed by atoms with Gasteiger partial charge in [-0.2, -0.15) is 5.10 Å². The highest BCUT2D eigenvalue weighted by molar-refractivity contribution is 5.00. The summed E-state index contributed by atoms with van der Waals surface area (Å²) in [5.74, 6) is 0. The molecule has 3 rings (SSSR count). The zero-order chi connectivity index (χ0) is 14.5. The van der Waals surface area contributed by atoms with Gasteiger partial charge in [0.05, 0.1) is 6.54 Å². The lowest BCUT2D eigenvalue weighted by Gasteiger charge is -2.52. The van der Waals surface area contributed by atoms with Crippen LogP contribution in [0, 0.1) is 0 Å². The molecule has 1 aromatic heterocycles. The third kappa shape index (κ3) is 3.49. The molecule has 118 valence electrons. The largest absolute Gasteiger partial charge is 0.311 e. The molecule has 0 bridgehead atoms. The molecule has 1 saturated heterocycles. The van der Waals surface area contributed by atoms with Gasteiger partial charge < -0.3 is 5.32 Å². The monoisotopic (exact) mass is 290 g/mol. The molecule has 2 fully saturated rings. The second-order valence-electron chi connectivity index (χ2n) is 6.87. The highest BCUT2D eigenvalue weighted by Gasteiger charge is 2.41. The van der Waals surface area contributed by atoms with E-state index in [1.807, 2.05) is 12.3 Å². The average Bonchev–Trinajstić information content (AvgIpc) is 3.03. The van der Waals surface area contributed by atoms with Gasteiger partial charge in [0, 0.05) is 43.6 Å². The van der Waals surface area contributed by atoms with Gasteiger partial charge in [0.15, 0.2) is 0 Å². The maximum atomic E-state index is 4.36. The van der Waals surface area contributed by atoms with E-state index in [9.17, 15) is 0 Å². The Hall–Kier alpha value is -0.870. The van der Waals surface area contributed by atoms with Crippen LogP contribution in [-0.2, 0) is 6.54 Å². The fraction of sp³-hybridized carbons (Fsp3) is 0.824. The van der Waals surface area contributed by atoms with Gasteiger partial charge in [0.25, 0.3) is 0 Å². The molecule has 0 radical (unpaired) electrons. The molecule has 21 heavy (non-hydrogen) atoms. The molecule has 1 aliphatic carbocycles. The second kappa shape index (κ2) is 6.93. The van der Waals surface area contributed by atoms with Crippen molar-refractivity contribution >= 4 is 0 Å². The van der Waals surface area contributed by atoms with Gasteiger partial charge in [-0.15, -0.1) is 0 Å². The predicted octanol–water partition coefficient (Wildman–Crippen LogP) is 2.66. The van der Waals surface area contributed by atoms with Gasteiger partial charge in [0.2, 0.25) is 0 Å². The molecule has 0 amide bonds. The van der Waals surface area contributed by atoms with Crippen LogP contribution in [0.15, 0.2) is 18.5 Å². The smallest absolute Gasteiger partial charge is 0.0536 e. The fourth-order valence-corrected chi connectivity index (χ4v) is 4.20. The van der Waals surface area contributed by atoms with E-state index in [-0.39, 0.29) is 0 Å². The first-order valence-corrected chi connectivity index (χ1v) is 8.78. The normalized spacial score (nSPS) is 26.2. The maximum Gasteiger partial charge on any atom is 0.0536 e. The lowest BCUT2D eigenvalue weighted by atomic mass is 9.78. The summed E-state index contributed by atoms with van der Waals surface area (Å²) in [6.07, 6.45) is 13.5. The average molecular weight is 290 g/mol. The van der Waals surface area contributed by atoms with Gasteiger partial charge in [-0.25, -0.2) is 0 Å². The van der Waals surface area contributed by atoms with Crippen molar-refractivity contribution in [1.29, 1.82) is 0 Å². The number of piperazine rings is 1. The molecule has 1 atom stereocenters. The van der Waals surface area contributed by atoms with Crippen molar-refractivity contribution in [2.24, 2.45) is 0 Å². The Labute approximate surface area is 128 Å². The van der Waals surface area contributed by atoms with Crippen LogP contribution in [0.1, 0.15) is 51.9 Å². The number of nitrogens with one attached hydrogen (secondary N) is 1. The van der Waals surface area contributed by atoms with Crippen LogP contribution < -0.4 is 5.32 Å². The van der Waals surface area contributed by atoms with Crippen LogP contribution in [0.3, 0.4) is 0 Å². The number of hydrogen-bond donors (Lipinski definition) is 1. The van der Waals surface area contributed by atoms with E-state index in [0.29, 0.717) is 11.6 Å². The molecule has 1 spiro atoms. The van der Waals surface area contributed by atoms with Gasteiger partial charge in [0.1, 0.15) is 0 Å². The minimum absolute atomic E-state index is 0.426. The molecule has 4 nitrogen and oxygen atoms in total. The number of nitrogens with zero attached hydrogens (tertiary/aromatic N) is 3. The van der Waals surface area contributed by atoms with Crippen LogP contribution in [0.5, 0.6) is 0 Å². The van der Waals surface area contributed by atoms with E-state index in [2.05, 4.69) is 33.1 Å². The van der Waals surface area contributed by atoms with Crippen molar-refractivity contribution in [2.75, 3.05) is 19.6 Å². The van der Waals surface area contributed by atoms with Crippen LogP contribution in [0.25, 0.3) is 0 Å². The van der Waals surface area contributed by atoms with Crippen molar-refractivity contribution in [2.45, 2.75) is 70.0 Å². The first-order chi connectivity index (χ1) is 10.3. The summed E-state index contributed by atoms with van der Waals surface area (Å²) >= 11 is 0. The molecule has 2 aliphatic rings. The highest BCUT2D eigenvalue weighted by Crippen LogP contribution is 2.35. The number of rotatable bonds is 5. The van der Waals surface area contributed by atoms with E-state index in [1.54, 1.807) is 0 Å². The number of aromatic nitrogens is 2. The Bertz CT molecular complexity index is 408. The fourth-order valence-electron chi connectivity index (χ4n) is 4.20. The summed E-state index contributed by atoms with van der Waals surface area (Å²) in [5, 5.41) is 8.20. The molecule has 4 heteroatoms. The topological polar surface area (TPSA) is 33.1 Å². The summed E-state index contributed by atoms with van der Waals surface area (Å²) < 4.78 is 2.08. The summed E-state index contributed by atoms with van der Waals surface area (Å²) in [6, 6.07) is 2.70. The van der Waals surface area contributed by atoms with Crippen LogP contribution in [0.4, 0.5) is 0 Å². The molecule has 0 aromatic carbocycles. The van der Waals surface area contributed by atoms with E-state index >= 15 is 0 Å². The van der Waals surface area contributed by atoms with Gasteiger partial charge in [-0.05, 0) is 25.3 Å². The van der Waals surface area contributed by atoms with Crippen LogP contribution in [0.2, 0.25) is 0 Å². The summed E-state index contributed by atoms with van der Waals surface area (Å²) in [4.78, 5) is 2.80. The third-order valence-corrected chi connectivity index (χ3v) is 5.41. The van der Waals surface area contributed by atoms with E-state index in [0.717, 1.165) is 13.1 Å². The molecule has 1 unspecified atom stereocenters. The van der Waals surface area contributed by atoms with Gasteiger partial charge in [-0.1, -0.05) is 32.6 Å². The molecule has 1 N–H and O–H groups in total. The molecule has 1 aromatic rings. The molecular formula is C17H30N4. The molecule has 1 saturated carbocycles. The molecular weight excluding hydrogens is 260 g/mol. The van der Waals surface area contributed by atoms with Crippen molar-refractivity contribution < 1.29 is 0 Å². The van der Waals surface area contributed by atoms with E-state index in [1.165, 1.54) is 58.0 Å². The quantitative estimate of drug-likeness (QED) is 0.905. The third-order valence-electron chi connectivity index (χ3n) is 5.41. The van der Waals surface area contributed by atoms with Crippen molar-refractivity contribution in [3.63, 3.8) is 0 Å². The van der Waals surface area contributed by atoms with E-state index < -0.39 is 0 Å². The van der Waals surface area contributed by atoms with Gasteiger partial charge >= 0.3 is 0 Å². The Balaban J connectivity index is 1.66. The Morgan fingerprint density at radius 2 is 2.10 bits per heavy atom. The van der Waals surface area contributed by atoms with Gasteiger partial charge in [-0.3, -0.25) is 9.58 Å². The van der Waals surface area contributed by atoms with Crippen molar-refractivity contribution in [1.82, 2.24) is 20.0 Å². The van der Waals surface area contributed by atoms with Crippen LogP contribution in [-0.4, -0.2) is 45.9 Å².